The molecule has 1 N–H and O–H groups in total. The van der Waals surface area contributed by atoms with Crippen LogP contribution in [0.2, 0.25) is 0 Å². The average molecular weight is 343 g/mol. The summed E-state index contributed by atoms with van der Waals surface area (Å²) in [4.78, 5) is 2.55. The highest BCUT2D eigenvalue weighted by atomic mass is 16.7. The number of aliphatic hydroxyl groups is 1. The summed E-state index contributed by atoms with van der Waals surface area (Å²) in [7, 11) is -0.304. The second kappa shape index (κ2) is 6.00. The Kier molecular flexibility index (Phi) is 4.17. The van der Waals surface area contributed by atoms with Crippen LogP contribution in [0.5, 0.6) is 0 Å². The zero-order chi connectivity index (χ0) is 17.8. The topological polar surface area (TPSA) is 41.9 Å². The third-order valence-corrected chi connectivity index (χ3v) is 6.67. The smallest absolute Gasteiger partial charge is 0.399 e. The van der Waals surface area contributed by atoms with Gasteiger partial charge in [0.1, 0.15) is 0 Å². The molecule has 25 heavy (non-hydrogen) atoms. The molecule has 3 aliphatic rings. The molecule has 0 aromatic heterocycles. The maximum atomic E-state index is 10.1. The maximum absolute atomic E-state index is 10.1. The predicted molar refractivity (Wildman–Crippen MR) is 101 cm³/mol. The maximum Gasteiger partial charge on any atom is 0.494 e. The minimum absolute atomic E-state index is 0.129. The van der Waals surface area contributed by atoms with Crippen LogP contribution >= 0.6 is 0 Å². The Balaban J connectivity index is 1.53. The Morgan fingerprint density at radius 1 is 0.960 bits per heavy atom. The van der Waals surface area contributed by atoms with Crippen LogP contribution in [0.25, 0.3) is 0 Å². The molecule has 5 heteroatoms. The molecule has 0 aliphatic carbocycles. The van der Waals surface area contributed by atoms with E-state index in [9.17, 15) is 5.11 Å². The number of hydrogen-bond donors (Lipinski definition) is 1. The molecule has 3 saturated heterocycles. The summed E-state index contributed by atoms with van der Waals surface area (Å²) in [6.45, 7) is 8.34. The highest BCUT2D eigenvalue weighted by Crippen LogP contribution is 2.38. The molecular formula is C20H30BNO3. The largest absolute Gasteiger partial charge is 0.494 e. The van der Waals surface area contributed by atoms with Crippen LogP contribution in [0.4, 0.5) is 5.69 Å². The number of fused-ring (bicyclic) bond motifs is 2. The minimum Gasteiger partial charge on any atom is -0.399 e. The van der Waals surface area contributed by atoms with E-state index in [1.807, 2.05) is 0 Å². The quantitative estimate of drug-likeness (QED) is 0.839. The molecule has 1 aromatic carbocycles. The van der Waals surface area contributed by atoms with E-state index >= 15 is 0 Å². The van der Waals surface area contributed by atoms with Gasteiger partial charge in [-0.3, -0.25) is 0 Å². The van der Waals surface area contributed by atoms with Crippen molar-refractivity contribution in [1.29, 1.82) is 0 Å². The fourth-order valence-electron chi connectivity index (χ4n) is 4.56. The van der Waals surface area contributed by atoms with Gasteiger partial charge in [0.05, 0.1) is 17.3 Å². The number of piperidine rings is 2. The number of rotatable bonds is 2. The average Bonchev–Trinajstić information content (AvgIpc) is 2.75. The molecule has 3 aliphatic heterocycles. The van der Waals surface area contributed by atoms with Gasteiger partial charge in [0.25, 0.3) is 0 Å². The first-order valence-corrected chi connectivity index (χ1v) is 9.69. The van der Waals surface area contributed by atoms with Crippen LogP contribution < -0.4 is 10.4 Å². The van der Waals surface area contributed by atoms with Crippen LogP contribution in [0.15, 0.2) is 24.3 Å². The predicted octanol–water partition coefficient (Wildman–Crippen LogP) is 2.87. The molecule has 2 bridgehead atoms. The van der Waals surface area contributed by atoms with E-state index in [-0.39, 0.29) is 24.4 Å². The van der Waals surface area contributed by atoms with E-state index in [1.165, 1.54) is 24.9 Å². The zero-order valence-electron chi connectivity index (χ0n) is 15.9. The fraction of sp³-hybridized carbons (Fsp3) is 0.700. The van der Waals surface area contributed by atoms with Gasteiger partial charge in [-0.05, 0) is 77.4 Å². The van der Waals surface area contributed by atoms with Gasteiger partial charge in [-0.1, -0.05) is 12.1 Å². The van der Waals surface area contributed by atoms with Crippen LogP contribution in [-0.2, 0) is 9.31 Å². The Hall–Kier alpha value is -1.04. The van der Waals surface area contributed by atoms with Crippen molar-refractivity contribution in [2.45, 2.75) is 89.2 Å². The highest BCUT2D eigenvalue weighted by molar-refractivity contribution is 6.62. The standard InChI is InChI=1S/C20H30BNO3/c1-19(2)20(3,4)25-21(24-19)14-8-10-15(11-9-14)22-16-6-5-7-17(22)13-18(23)12-16/h8-11,16-18,23H,5-7,12-13H2,1-4H3/t16-,17+,18+. The molecule has 0 unspecified atom stereocenters. The van der Waals surface area contributed by atoms with Crippen LogP contribution in [0.1, 0.15) is 59.8 Å². The number of hydrogen-bond acceptors (Lipinski definition) is 4. The van der Waals surface area contributed by atoms with Crippen molar-refractivity contribution >= 4 is 18.3 Å². The summed E-state index contributed by atoms with van der Waals surface area (Å²) in [6.07, 6.45) is 5.32. The van der Waals surface area contributed by atoms with Gasteiger partial charge in [0.15, 0.2) is 0 Å². The first kappa shape index (κ1) is 17.4. The Labute approximate surface area is 151 Å². The van der Waals surface area contributed by atoms with Gasteiger partial charge in [-0.15, -0.1) is 0 Å². The minimum atomic E-state index is -0.309. The molecule has 3 heterocycles. The molecule has 3 fully saturated rings. The normalized spacial score (nSPS) is 33.6. The third-order valence-electron chi connectivity index (χ3n) is 6.67. The van der Waals surface area contributed by atoms with E-state index in [0.717, 1.165) is 18.3 Å². The molecular weight excluding hydrogens is 313 g/mol. The SMILES string of the molecule is CC1(C)OB(c2ccc(N3[C@@H]4CCC[C@H]3C[C@@H](O)C4)cc2)OC1(C)C. The van der Waals surface area contributed by atoms with Gasteiger partial charge in [-0.25, -0.2) is 0 Å². The number of benzene rings is 1. The van der Waals surface area contributed by atoms with E-state index in [2.05, 4.69) is 56.9 Å². The van der Waals surface area contributed by atoms with Crippen LogP contribution in [-0.4, -0.2) is 41.6 Å². The molecule has 0 spiro atoms. The van der Waals surface area contributed by atoms with Gasteiger partial charge >= 0.3 is 7.12 Å². The van der Waals surface area contributed by atoms with E-state index < -0.39 is 0 Å². The van der Waals surface area contributed by atoms with E-state index in [4.69, 9.17) is 9.31 Å². The number of aliphatic hydroxyl groups excluding tert-OH is 1. The molecule has 0 radical (unpaired) electrons. The second-order valence-electron chi connectivity index (χ2n) is 8.95. The Morgan fingerprint density at radius 2 is 1.48 bits per heavy atom. The first-order chi connectivity index (χ1) is 11.8. The van der Waals surface area contributed by atoms with Crippen molar-refractivity contribution in [2.75, 3.05) is 4.90 Å². The van der Waals surface area contributed by atoms with Gasteiger partial charge in [0.2, 0.25) is 0 Å². The molecule has 1 aromatic rings. The lowest BCUT2D eigenvalue weighted by atomic mass is 9.78. The summed E-state index contributed by atoms with van der Waals surface area (Å²) < 4.78 is 12.3. The number of nitrogens with zero attached hydrogens (tertiary/aromatic N) is 1. The molecule has 3 atom stereocenters. The second-order valence-corrected chi connectivity index (χ2v) is 8.95. The van der Waals surface area contributed by atoms with Crippen molar-refractivity contribution in [3.05, 3.63) is 24.3 Å². The fourth-order valence-corrected chi connectivity index (χ4v) is 4.56. The molecule has 4 nitrogen and oxygen atoms in total. The van der Waals surface area contributed by atoms with Crippen molar-refractivity contribution in [3.8, 4) is 0 Å². The molecule has 4 rings (SSSR count). The monoisotopic (exact) mass is 343 g/mol. The zero-order valence-corrected chi connectivity index (χ0v) is 15.9. The molecule has 0 saturated carbocycles. The third kappa shape index (κ3) is 3.00. The van der Waals surface area contributed by atoms with Crippen molar-refractivity contribution in [3.63, 3.8) is 0 Å². The first-order valence-electron chi connectivity index (χ1n) is 9.69. The number of anilines is 1. The van der Waals surface area contributed by atoms with Gasteiger partial charge in [0, 0.05) is 17.8 Å². The van der Waals surface area contributed by atoms with Crippen LogP contribution in [0.3, 0.4) is 0 Å². The summed E-state index contributed by atoms with van der Waals surface area (Å²) in [6, 6.07) is 9.62. The van der Waals surface area contributed by atoms with E-state index in [0.29, 0.717) is 12.1 Å². The molecule has 136 valence electrons. The summed E-state index contributed by atoms with van der Waals surface area (Å²) in [5, 5.41) is 10.1. The lowest BCUT2D eigenvalue weighted by Gasteiger charge is -2.49. The van der Waals surface area contributed by atoms with Crippen molar-refractivity contribution < 1.29 is 14.4 Å². The van der Waals surface area contributed by atoms with Crippen molar-refractivity contribution in [2.24, 2.45) is 0 Å². The summed E-state index contributed by atoms with van der Waals surface area (Å²) in [5.41, 5.74) is 1.72. The van der Waals surface area contributed by atoms with Gasteiger partial charge < -0.3 is 19.3 Å². The summed E-state index contributed by atoms with van der Waals surface area (Å²) >= 11 is 0. The Bertz CT molecular complexity index is 600. The highest BCUT2D eigenvalue weighted by Gasteiger charge is 2.51. The van der Waals surface area contributed by atoms with E-state index in [1.54, 1.807) is 0 Å². The summed E-state index contributed by atoms with van der Waals surface area (Å²) in [5.74, 6) is 0. The van der Waals surface area contributed by atoms with Gasteiger partial charge in [-0.2, -0.15) is 0 Å². The van der Waals surface area contributed by atoms with Crippen LogP contribution in [0, 0.1) is 0 Å². The lowest BCUT2D eigenvalue weighted by molar-refractivity contribution is 0.00578. The Morgan fingerprint density at radius 3 is 2.00 bits per heavy atom. The molecule has 0 amide bonds. The van der Waals surface area contributed by atoms with Crippen molar-refractivity contribution in [1.82, 2.24) is 0 Å². The lowest BCUT2D eigenvalue weighted by Crippen LogP contribution is -2.53.